The highest BCUT2D eigenvalue weighted by Gasteiger charge is 2.53. The number of carboxylic acids is 1. The van der Waals surface area contributed by atoms with Gasteiger partial charge in [-0.3, -0.25) is 4.79 Å². The van der Waals surface area contributed by atoms with Crippen molar-refractivity contribution < 1.29 is 18.7 Å². The van der Waals surface area contributed by atoms with Crippen molar-refractivity contribution in [3.63, 3.8) is 0 Å². The van der Waals surface area contributed by atoms with E-state index in [0.29, 0.717) is 12.8 Å². The van der Waals surface area contributed by atoms with Crippen molar-refractivity contribution >= 4 is 5.97 Å². The molecule has 14 heavy (non-hydrogen) atoms. The third-order valence-corrected chi connectivity index (χ3v) is 2.61. The molecular formula is C10H8F2O2. The first-order chi connectivity index (χ1) is 6.56. The molecule has 0 unspecified atom stereocenters. The Kier molecular flexibility index (Phi) is 1.80. The molecule has 2 nitrogen and oxygen atoms in total. The topological polar surface area (TPSA) is 37.3 Å². The van der Waals surface area contributed by atoms with Gasteiger partial charge in [0.15, 0.2) is 0 Å². The molecule has 1 aliphatic rings. The molecule has 1 N–H and O–H groups in total. The molecule has 1 saturated carbocycles. The zero-order chi connectivity index (χ0) is 10.3. The predicted molar refractivity (Wildman–Crippen MR) is 44.9 cm³/mol. The van der Waals surface area contributed by atoms with Crippen LogP contribution in [-0.4, -0.2) is 11.1 Å². The Hall–Kier alpha value is -1.45. The molecule has 0 spiro atoms. The maximum Gasteiger partial charge on any atom is 0.314 e. The SMILES string of the molecule is O=C(O)C1(c2ccc(F)cc2F)CC1. The quantitative estimate of drug-likeness (QED) is 0.789. The van der Waals surface area contributed by atoms with E-state index < -0.39 is 23.0 Å². The molecule has 0 aliphatic heterocycles. The molecule has 0 saturated heterocycles. The first kappa shape index (κ1) is 9.12. The van der Waals surface area contributed by atoms with Gasteiger partial charge in [-0.25, -0.2) is 8.78 Å². The van der Waals surface area contributed by atoms with Gasteiger partial charge < -0.3 is 5.11 Å². The van der Waals surface area contributed by atoms with Crippen LogP contribution in [0.4, 0.5) is 8.78 Å². The van der Waals surface area contributed by atoms with Crippen molar-refractivity contribution in [3.05, 3.63) is 35.4 Å². The summed E-state index contributed by atoms with van der Waals surface area (Å²) < 4.78 is 25.8. The minimum atomic E-state index is -1.10. The number of hydrogen-bond donors (Lipinski definition) is 1. The first-order valence-electron chi connectivity index (χ1n) is 4.25. The maximum atomic E-state index is 13.2. The van der Waals surface area contributed by atoms with Crippen LogP contribution in [0.5, 0.6) is 0 Å². The van der Waals surface area contributed by atoms with Gasteiger partial charge >= 0.3 is 5.97 Å². The lowest BCUT2D eigenvalue weighted by Crippen LogP contribution is -2.20. The second-order valence-corrected chi connectivity index (χ2v) is 3.51. The van der Waals surface area contributed by atoms with Crippen LogP contribution in [0.2, 0.25) is 0 Å². The van der Waals surface area contributed by atoms with E-state index in [9.17, 15) is 13.6 Å². The summed E-state index contributed by atoms with van der Waals surface area (Å²) in [6, 6.07) is 3.02. The first-order valence-corrected chi connectivity index (χ1v) is 4.25. The van der Waals surface area contributed by atoms with Gasteiger partial charge in [-0.2, -0.15) is 0 Å². The molecule has 1 fully saturated rings. The van der Waals surface area contributed by atoms with E-state index in [2.05, 4.69) is 0 Å². The Bertz CT molecular complexity index is 397. The molecule has 0 amide bonds. The average Bonchev–Trinajstić information content (AvgIpc) is 2.84. The standard InChI is InChI=1S/C10H8F2O2/c11-6-1-2-7(8(12)5-6)10(3-4-10)9(13)14/h1-2,5H,3-4H2,(H,13,14). The highest BCUT2D eigenvalue weighted by Crippen LogP contribution is 2.49. The fourth-order valence-electron chi connectivity index (χ4n) is 1.60. The van der Waals surface area contributed by atoms with Gasteiger partial charge in [-0.05, 0) is 18.9 Å². The minimum Gasteiger partial charge on any atom is -0.481 e. The Morgan fingerprint density at radius 1 is 1.36 bits per heavy atom. The molecule has 1 aromatic rings. The number of rotatable bonds is 2. The molecule has 1 aliphatic carbocycles. The second-order valence-electron chi connectivity index (χ2n) is 3.51. The van der Waals surface area contributed by atoms with Gasteiger partial charge in [-0.15, -0.1) is 0 Å². The van der Waals surface area contributed by atoms with Crippen LogP contribution in [0.1, 0.15) is 18.4 Å². The normalized spacial score (nSPS) is 17.9. The number of hydrogen-bond acceptors (Lipinski definition) is 1. The van der Waals surface area contributed by atoms with Crippen LogP contribution < -0.4 is 0 Å². The van der Waals surface area contributed by atoms with Crippen LogP contribution in [0.3, 0.4) is 0 Å². The van der Waals surface area contributed by atoms with Crippen molar-refractivity contribution in [1.82, 2.24) is 0 Å². The highest BCUT2D eigenvalue weighted by molar-refractivity contribution is 5.84. The Labute approximate surface area is 79.2 Å². The Balaban J connectivity index is 2.47. The fraction of sp³-hybridized carbons (Fsp3) is 0.300. The van der Waals surface area contributed by atoms with Gasteiger partial charge in [0, 0.05) is 11.6 Å². The van der Waals surface area contributed by atoms with Gasteiger partial charge in [0.25, 0.3) is 0 Å². The van der Waals surface area contributed by atoms with Gasteiger partial charge in [0.2, 0.25) is 0 Å². The second kappa shape index (κ2) is 2.77. The Morgan fingerprint density at radius 2 is 2.00 bits per heavy atom. The lowest BCUT2D eigenvalue weighted by atomic mass is 9.96. The third kappa shape index (κ3) is 1.18. The molecule has 2 rings (SSSR count). The van der Waals surface area contributed by atoms with Crippen molar-refractivity contribution in [1.29, 1.82) is 0 Å². The van der Waals surface area contributed by atoms with Crippen LogP contribution in [-0.2, 0) is 10.2 Å². The zero-order valence-electron chi connectivity index (χ0n) is 7.26. The molecule has 1 aromatic carbocycles. The largest absolute Gasteiger partial charge is 0.481 e. The molecule has 0 heterocycles. The number of aliphatic carboxylic acids is 1. The molecule has 0 atom stereocenters. The van der Waals surface area contributed by atoms with Crippen molar-refractivity contribution in [2.24, 2.45) is 0 Å². The minimum absolute atomic E-state index is 0.0893. The third-order valence-electron chi connectivity index (χ3n) is 2.61. The molecule has 74 valence electrons. The van der Waals surface area contributed by atoms with Crippen molar-refractivity contribution in [2.45, 2.75) is 18.3 Å². The summed E-state index contributed by atoms with van der Waals surface area (Å²) in [7, 11) is 0. The van der Waals surface area contributed by atoms with Crippen molar-refractivity contribution in [2.75, 3.05) is 0 Å². The highest BCUT2D eigenvalue weighted by atomic mass is 19.1. The summed E-state index contributed by atoms with van der Waals surface area (Å²) in [5.41, 5.74) is -1.01. The van der Waals surface area contributed by atoms with Crippen LogP contribution in [0.15, 0.2) is 18.2 Å². The molecule has 0 radical (unpaired) electrons. The van der Waals surface area contributed by atoms with E-state index in [0.717, 1.165) is 12.1 Å². The van der Waals surface area contributed by atoms with Crippen LogP contribution >= 0.6 is 0 Å². The lowest BCUT2D eigenvalue weighted by molar-refractivity contribution is -0.140. The van der Waals surface area contributed by atoms with Crippen LogP contribution in [0, 0.1) is 11.6 Å². The predicted octanol–water partition coefficient (Wildman–Crippen LogP) is 2.08. The Morgan fingerprint density at radius 3 is 2.43 bits per heavy atom. The lowest BCUT2D eigenvalue weighted by Gasteiger charge is -2.10. The van der Waals surface area contributed by atoms with Crippen molar-refractivity contribution in [3.8, 4) is 0 Å². The van der Waals surface area contributed by atoms with Gasteiger partial charge in [0.05, 0.1) is 5.41 Å². The van der Waals surface area contributed by atoms with Crippen LogP contribution in [0.25, 0.3) is 0 Å². The monoisotopic (exact) mass is 198 g/mol. The molecule has 0 aromatic heterocycles. The van der Waals surface area contributed by atoms with E-state index in [4.69, 9.17) is 5.11 Å². The van der Waals surface area contributed by atoms with E-state index in [1.165, 1.54) is 6.07 Å². The number of carbonyl (C=O) groups is 1. The molecule has 0 bridgehead atoms. The summed E-state index contributed by atoms with van der Waals surface area (Å²) in [5.74, 6) is -2.50. The number of halogens is 2. The zero-order valence-corrected chi connectivity index (χ0v) is 7.26. The maximum absolute atomic E-state index is 13.2. The smallest absolute Gasteiger partial charge is 0.314 e. The average molecular weight is 198 g/mol. The van der Waals surface area contributed by atoms with E-state index >= 15 is 0 Å². The summed E-state index contributed by atoms with van der Waals surface area (Å²) in [4.78, 5) is 10.9. The number of benzene rings is 1. The number of carboxylic acid groups (broad SMARTS) is 1. The summed E-state index contributed by atoms with van der Waals surface area (Å²) >= 11 is 0. The summed E-state index contributed by atoms with van der Waals surface area (Å²) in [6.45, 7) is 0. The van der Waals surface area contributed by atoms with E-state index in [1.807, 2.05) is 0 Å². The summed E-state index contributed by atoms with van der Waals surface area (Å²) in [6.07, 6.45) is 0.843. The summed E-state index contributed by atoms with van der Waals surface area (Å²) in [5, 5.41) is 8.89. The molecular weight excluding hydrogens is 190 g/mol. The van der Waals surface area contributed by atoms with Gasteiger partial charge in [0.1, 0.15) is 11.6 Å². The van der Waals surface area contributed by atoms with E-state index in [-0.39, 0.29) is 5.56 Å². The fourth-order valence-corrected chi connectivity index (χ4v) is 1.60. The van der Waals surface area contributed by atoms with E-state index in [1.54, 1.807) is 0 Å². The molecule has 4 heteroatoms. The van der Waals surface area contributed by atoms with Gasteiger partial charge in [-0.1, -0.05) is 6.07 Å².